The van der Waals surface area contributed by atoms with E-state index in [2.05, 4.69) is 23.8 Å². The largest absolute Gasteiger partial charge is 0.507 e. The number of aromatic nitrogens is 2. The number of H-pyrrole nitrogens is 1. The number of aromatic hydroxyl groups is 1. The Hall–Kier alpha value is -2.10. The molecule has 0 saturated carbocycles. The van der Waals surface area contributed by atoms with Gasteiger partial charge in [-0.3, -0.25) is 9.78 Å². The molecule has 0 radical (unpaired) electrons. The van der Waals surface area contributed by atoms with Crippen molar-refractivity contribution in [3.05, 3.63) is 46.6 Å². The van der Waals surface area contributed by atoms with Gasteiger partial charge in [0.15, 0.2) is 0 Å². The first-order chi connectivity index (χ1) is 8.58. The molecule has 0 unspecified atom stereocenters. The Kier molecular flexibility index (Phi) is 3.46. The van der Waals surface area contributed by atoms with E-state index in [4.69, 9.17) is 0 Å². The first-order valence-corrected chi connectivity index (χ1v) is 5.93. The number of nitrogens with zero attached hydrogens (tertiary/aromatic N) is 1. The lowest BCUT2D eigenvalue weighted by Gasteiger charge is -2.08. The quantitative estimate of drug-likeness (QED) is 0.870. The van der Waals surface area contributed by atoms with E-state index >= 15 is 0 Å². The molecule has 0 atom stereocenters. The van der Waals surface area contributed by atoms with Crippen LogP contribution in [0.4, 0.5) is 0 Å². The third kappa shape index (κ3) is 2.59. The van der Waals surface area contributed by atoms with Crippen molar-refractivity contribution in [3.63, 3.8) is 0 Å². The lowest BCUT2D eigenvalue weighted by atomic mass is 10.0. The lowest BCUT2D eigenvalue weighted by molar-refractivity contribution is 0.473. The molecule has 0 bridgehead atoms. The normalized spacial score (nSPS) is 10.8. The molecule has 0 aliphatic heterocycles. The van der Waals surface area contributed by atoms with Gasteiger partial charge in [0, 0.05) is 24.2 Å². The highest BCUT2D eigenvalue weighted by Crippen LogP contribution is 2.25. The summed E-state index contributed by atoms with van der Waals surface area (Å²) in [7, 11) is 0. The van der Waals surface area contributed by atoms with E-state index < -0.39 is 0 Å². The summed E-state index contributed by atoms with van der Waals surface area (Å²) in [5.74, 6) is 0.437. The maximum Gasteiger partial charge on any atom is 0.259 e. The summed E-state index contributed by atoms with van der Waals surface area (Å²) in [6.07, 6.45) is 3.92. The number of pyridine rings is 2. The fourth-order valence-corrected chi connectivity index (χ4v) is 1.95. The summed E-state index contributed by atoms with van der Waals surface area (Å²) in [6.45, 7) is 4.12. The lowest BCUT2D eigenvalue weighted by Crippen LogP contribution is -2.13. The topological polar surface area (TPSA) is 66.0 Å². The van der Waals surface area contributed by atoms with Gasteiger partial charge < -0.3 is 10.1 Å². The van der Waals surface area contributed by atoms with Gasteiger partial charge in [-0.15, -0.1) is 0 Å². The van der Waals surface area contributed by atoms with Gasteiger partial charge in [-0.1, -0.05) is 13.8 Å². The number of hydrogen-bond acceptors (Lipinski definition) is 3. The van der Waals surface area contributed by atoms with Crippen LogP contribution in [0.5, 0.6) is 5.75 Å². The van der Waals surface area contributed by atoms with Crippen LogP contribution >= 0.6 is 0 Å². The molecule has 0 saturated heterocycles. The van der Waals surface area contributed by atoms with E-state index in [-0.39, 0.29) is 11.3 Å². The molecule has 0 spiro atoms. The summed E-state index contributed by atoms with van der Waals surface area (Å²) in [4.78, 5) is 18.7. The van der Waals surface area contributed by atoms with Crippen molar-refractivity contribution < 1.29 is 5.11 Å². The Morgan fingerprint density at radius 2 is 2.00 bits per heavy atom. The maximum absolute atomic E-state index is 12.0. The minimum atomic E-state index is -0.267. The molecule has 4 nitrogen and oxygen atoms in total. The van der Waals surface area contributed by atoms with Crippen molar-refractivity contribution in [1.82, 2.24) is 9.97 Å². The minimum absolute atomic E-state index is 0.0144. The molecule has 0 fully saturated rings. The van der Waals surface area contributed by atoms with Gasteiger partial charge in [-0.2, -0.15) is 0 Å². The fourth-order valence-electron chi connectivity index (χ4n) is 1.95. The van der Waals surface area contributed by atoms with Crippen molar-refractivity contribution in [3.8, 4) is 16.9 Å². The SMILES string of the molecule is CC(C)Cc1cc(O)c(-c2ccncc2)c(=O)[nH]1. The molecular formula is C14H16N2O2. The molecular weight excluding hydrogens is 228 g/mol. The Morgan fingerprint density at radius 3 is 2.56 bits per heavy atom. The molecule has 2 aromatic heterocycles. The van der Waals surface area contributed by atoms with E-state index in [1.807, 2.05) is 0 Å². The highest BCUT2D eigenvalue weighted by Gasteiger charge is 2.11. The molecule has 2 rings (SSSR count). The van der Waals surface area contributed by atoms with E-state index in [1.165, 1.54) is 0 Å². The highest BCUT2D eigenvalue weighted by molar-refractivity contribution is 5.68. The van der Waals surface area contributed by atoms with Crippen LogP contribution < -0.4 is 5.56 Å². The highest BCUT2D eigenvalue weighted by atomic mass is 16.3. The summed E-state index contributed by atoms with van der Waals surface area (Å²) in [6, 6.07) is 5.02. The van der Waals surface area contributed by atoms with Gasteiger partial charge in [0.25, 0.3) is 5.56 Å². The number of aromatic amines is 1. The number of rotatable bonds is 3. The molecule has 0 aliphatic rings. The Balaban J connectivity index is 2.49. The van der Waals surface area contributed by atoms with E-state index in [1.54, 1.807) is 30.6 Å². The second kappa shape index (κ2) is 5.04. The molecule has 4 heteroatoms. The average molecular weight is 244 g/mol. The second-order valence-electron chi connectivity index (χ2n) is 4.72. The first kappa shape index (κ1) is 12.4. The van der Waals surface area contributed by atoms with E-state index in [0.717, 1.165) is 12.1 Å². The zero-order valence-corrected chi connectivity index (χ0v) is 10.5. The Labute approximate surface area is 105 Å². The Morgan fingerprint density at radius 1 is 1.33 bits per heavy atom. The molecule has 2 aromatic rings. The molecule has 94 valence electrons. The predicted octanol–water partition coefficient (Wildman–Crippen LogP) is 2.34. The molecule has 0 amide bonds. The smallest absolute Gasteiger partial charge is 0.259 e. The molecule has 2 heterocycles. The molecule has 2 N–H and O–H groups in total. The fraction of sp³-hybridized carbons (Fsp3) is 0.286. The summed E-state index contributed by atoms with van der Waals surface area (Å²) in [5, 5.41) is 10.00. The van der Waals surface area contributed by atoms with Crippen LogP contribution in [0.1, 0.15) is 19.5 Å². The first-order valence-electron chi connectivity index (χ1n) is 5.93. The monoisotopic (exact) mass is 244 g/mol. The van der Waals surface area contributed by atoms with Crippen molar-refractivity contribution >= 4 is 0 Å². The van der Waals surface area contributed by atoms with Gasteiger partial charge >= 0.3 is 0 Å². The summed E-state index contributed by atoms with van der Waals surface area (Å²) >= 11 is 0. The van der Waals surface area contributed by atoms with Gasteiger partial charge in [0.05, 0.1) is 5.56 Å². The standard InChI is InChI=1S/C14H16N2O2/c1-9(2)7-11-8-12(17)13(14(18)16-11)10-3-5-15-6-4-10/h3-6,8-9H,7H2,1-2H3,(H2,16,17,18). The van der Waals surface area contributed by atoms with Crippen LogP contribution in [0.3, 0.4) is 0 Å². The van der Waals surface area contributed by atoms with Gasteiger partial charge in [0.2, 0.25) is 0 Å². The van der Waals surface area contributed by atoms with Crippen LogP contribution in [0.2, 0.25) is 0 Å². The molecule has 0 aliphatic carbocycles. The van der Waals surface area contributed by atoms with Crippen LogP contribution in [-0.4, -0.2) is 15.1 Å². The van der Waals surface area contributed by atoms with Crippen molar-refractivity contribution in [2.45, 2.75) is 20.3 Å². The van der Waals surface area contributed by atoms with Crippen LogP contribution in [0.25, 0.3) is 11.1 Å². The van der Waals surface area contributed by atoms with Crippen LogP contribution in [-0.2, 0) is 6.42 Å². The van der Waals surface area contributed by atoms with E-state index in [0.29, 0.717) is 17.0 Å². The predicted molar refractivity (Wildman–Crippen MR) is 70.5 cm³/mol. The van der Waals surface area contributed by atoms with Gasteiger partial charge in [-0.25, -0.2) is 0 Å². The third-order valence-electron chi connectivity index (χ3n) is 2.67. The van der Waals surface area contributed by atoms with Gasteiger partial charge in [-0.05, 0) is 30.0 Å². The van der Waals surface area contributed by atoms with E-state index in [9.17, 15) is 9.90 Å². The zero-order valence-electron chi connectivity index (χ0n) is 10.5. The average Bonchev–Trinajstić information content (AvgIpc) is 2.28. The number of nitrogens with one attached hydrogen (secondary N) is 1. The van der Waals surface area contributed by atoms with Crippen molar-refractivity contribution in [1.29, 1.82) is 0 Å². The third-order valence-corrected chi connectivity index (χ3v) is 2.67. The Bertz CT molecular complexity index is 588. The second-order valence-corrected chi connectivity index (χ2v) is 4.72. The van der Waals surface area contributed by atoms with Crippen molar-refractivity contribution in [2.75, 3.05) is 0 Å². The van der Waals surface area contributed by atoms with Gasteiger partial charge in [0.1, 0.15) is 5.75 Å². The minimum Gasteiger partial charge on any atom is -0.507 e. The maximum atomic E-state index is 12.0. The van der Waals surface area contributed by atoms with Crippen molar-refractivity contribution in [2.24, 2.45) is 5.92 Å². The molecule has 18 heavy (non-hydrogen) atoms. The van der Waals surface area contributed by atoms with Crippen LogP contribution in [0.15, 0.2) is 35.4 Å². The number of hydrogen-bond donors (Lipinski definition) is 2. The van der Waals surface area contributed by atoms with Crippen LogP contribution in [0, 0.1) is 5.92 Å². The summed E-state index contributed by atoms with van der Waals surface area (Å²) in [5.41, 5.74) is 1.45. The molecule has 0 aromatic carbocycles. The zero-order chi connectivity index (χ0) is 13.1. The summed E-state index contributed by atoms with van der Waals surface area (Å²) < 4.78 is 0.